The van der Waals surface area contributed by atoms with Gasteiger partial charge in [0.2, 0.25) is 11.8 Å². The van der Waals surface area contributed by atoms with Crippen LogP contribution < -0.4 is 16.0 Å². The van der Waals surface area contributed by atoms with Crippen molar-refractivity contribution in [1.29, 1.82) is 0 Å². The van der Waals surface area contributed by atoms with Crippen molar-refractivity contribution in [2.75, 3.05) is 109 Å². The van der Waals surface area contributed by atoms with Gasteiger partial charge in [-0.1, -0.05) is 79.8 Å². The van der Waals surface area contributed by atoms with Gasteiger partial charge in [-0.15, -0.1) is 0 Å². The maximum absolute atomic E-state index is 13.8. The third kappa shape index (κ3) is 17.3. The van der Waals surface area contributed by atoms with Crippen LogP contribution in [0, 0.1) is 11.8 Å². The molecule has 2 amide bonds. The number of para-hydroxylation sites is 1. The number of anilines is 1. The Morgan fingerprint density at radius 2 is 1.50 bits per heavy atom. The predicted molar refractivity (Wildman–Crippen MR) is 284 cm³/mol. The number of carbonyl (C=O) groups is 4. The van der Waals surface area contributed by atoms with Crippen LogP contribution in [-0.2, 0) is 51.2 Å². The molecule has 7 rings (SSSR count). The van der Waals surface area contributed by atoms with Crippen molar-refractivity contribution in [3.63, 3.8) is 0 Å². The summed E-state index contributed by atoms with van der Waals surface area (Å²) in [7, 11) is 0. The molecule has 74 heavy (non-hydrogen) atoms. The number of nitrogens with two attached hydrogens (primary N) is 1. The Bertz CT molecular complexity index is 2400. The third-order valence-corrected chi connectivity index (χ3v) is 15.0. The fourth-order valence-electron chi connectivity index (χ4n) is 9.89. The molecule has 6 atom stereocenters. The summed E-state index contributed by atoms with van der Waals surface area (Å²) in [4.78, 5) is 60.1. The van der Waals surface area contributed by atoms with Crippen LogP contribution in [0.25, 0.3) is 0 Å². The van der Waals surface area contributed by atoms with Crippen molar-refractivity contribution in [2.45, 2.75) is 69.7 Å². The summed E-state index contributed by atoms with van der Waals surface area (Å²) in [6.45, 7) is 10.3. The second-order valence-corrected chi connectivity index (χ2v) is 20.4. The van der Waals surface area contributed by atoms with E-state index in [1.54, 1.807) is 12.1 Å². The molecule has 17 nitrogen and oxygen atoms in total. The number of pyridine rings is 1. The molecule has 2 aliphatic heterocycles. The number of aliphatic carboxylic acids is 1. The van der Waals surface area contributed by atoms with Gasteiger partial charge in [0.05, 0.1) is 77.3 Å². The number of hydrogen-bond acceptors (Lipinski definition) is 14. The molecule has 1 saturated heterocycles. The Balaban J connectivity index is 0.854. The van der Waals surface area contributed by atoms with Crippen LogP contribution in [-0.4, -0.2) is 165 Å². The fraction of sp³-hybridized carbons (Fsp3) is 0.518. The number of nitrogens with zero attached hydrogens (tertiary/aromatic N) is 4. The van der Waals surface area contributed by atoms with Crippen LogP contribution in [0.4, 0.5) is 5.69 Å². The normalized spacial score (nSPS) is 22.9. The van der Waals surface area contributed by atoms with Crippen LogP contribution in [0.5, 0.6) is 0 Å². The van der Waals surface area contributed by atoms with Crippen molar-refractivity contribution in [3.8, 4) is 0 Å². The monoisotopic (exact) mass is 1040 g/mol. The number of benzene rings is 2. The van der Waals surface area contributed by atoms with E-state index in [1.165, 1.54) is 17.7 Å². The van der Waals surface area contributed by atoms with Crippen molar-refractivity contribution in [3.05, 3.63) is 131 Å². The summed E-state index contributed by atoms with van der Waals surface area (Å²) in [6, 6.07) is 21.5. The number of hydrogen-bond donors (Lipinski definition) is 4. The minimum atomic E-state index is -1.16. The molecule has 6 unspecified atom stereocenters. The number of amides is 2. The van der Waals surface area contributed by atoms with E-state index in [1.807, 2.05) is 53.1 Å². The van der Waals surface area contributed by atoms with Crippen LogP contribution in [0.1, 0.15) is 77.3 Å². The van der Waals surface area contributed by atoms with Gasteiger partial charge >= 0.3 is 11.9 Å². The van der Waals surface area contributed by atoms with Crippen LogP contribution in [0.3, 0.4) is 0 Å². The fourth-order valence-corrected chi connectivity index (χ4v) is 10.9. The second-order valence-electron chi connectivity index (χ2n) is 19.3. The molecule has 2 fully saturated rings. The number of carboxylic acid groups (broad SMARTS) is 2. The van der Waals surface area contributed by atoms with E-state index in [0.29, 0.717) is 123 Å². The van der Waals surface area contributed by atoms with E-state index in [2.05, 4.69) is 63.4 Å². The first kappa shape index (κ1) is 56.3. The Kier molecular flexibility index (Phi) is 22.5. The molecule has 0 radical (unpaired) electrons. The van der Waals surface area contributed by atoms with Gasteiger partial charge in [0, 0.05) is 81.9 Å². The smallest absolute Gasteiger partial charge is 0.354 e. The molecule has 0 spiro atoms. The van der Waals surface area contributed by atoms with Gasteiger partial charge < -0.3 is 49.8 Å². The van der Waals surface area contributed by atoms with E-state index in [-0.39, 0.29) is 60.1 Å². The number of carboxylic acids is 2. The predicted octanol–water partition coefficient (Wildman–Crippen LogP) is 5.86. The lowest BCUT2D eigenvalue weighted by Gasteiger charge is -2.38. The summed E-state index contributed by atoms with van der Waals surface area (Å²) in [5.74, 6) is 0.234. The van der Waals surface area contributed by atoms with Gasteiger partial charge in [-0.05, 0) is 71.4 Å². The molecule has 400 valence electrons. The molecule has 1 saturated carbocycles. The molecule has 2 aliphatic carbocycles. The highest BCUT2D eigenvalue weighted by Gasteiger charge is 2.37. The number of aromatic nitrogens is 1. The molecular formula is C56H74N6O11S. The summed E-state index contributed by atoms with van der Waals surface area (Å²) in [5, 5.41) is 21.6. The molecule has 4 aliphatic rings. The molecule has 5 N–H and O–H groups in total. The lowest BCUT2D eigenvalue weighted by atomic mass is 9.71. The van der Waals surface area contributed by atoms with Crippen molar-refractivity contribution in [2.24, 2.45) is 17.6 Å². The van der Waals surface area contributed by atoms with E-state index in [4.69, 9.17) is 34.5 Å². The first-order chi connectivity index (χ1) is 36.0. The molecule has 18 heteroatoms. The summed E-state index contributed by atoms with van der Waals surface area (Å²) in [5.41, 5.74) is 10.4. The highest BCUT2D eigenvalue weighted by atomic mass is 32.2. The average molecular weight is 1040 g/mol. The number of carbonyl (C=O) groups excluding carboxylic acids is 2. The van der Waals surface area contributed by atoms with Gasteiger partial charge in [0.15, 0.2) is 0 Å². The molecular weight excluding hydrogens is 965 g/mol. The number of rotatable bonds is 19. The molecule has 3 aromatic rings. The highest BCUT2D eigenvalue weighted by Crippen LogP contribution is 2.48. The summed E-state index contributed by atoms with van der Waals surface area (Å²) >= 11 is 1.83. The average Bonchev–Trinajstić information content (AvgIpc) is 3.77. The Morgan fingerprint density at radius 1 is 0.824 bits per heavy atom. The van der Waals surface area contributed by atoms with Gasteiger partial charge in [-0.2, -0.15) is 11.8 Å². The lowest BCUT2D eigenvalue weighted by molar-refractivity contribution is -0.132. The van der Waals surface area contributed by atoms with Crippen molar-refractivity contribution >= 4 is 41.2 Å². The zero-order valence-corrected chi connectivity index (χ0v) is 43.4. The van der Waals surface area contributed by atoms with Crippen LogP contribution >= 0.6 is 11.8 Å². The van der Waals surface area contributed by atoms with Gasteiger partial charge in [0.25, 0.3) is 0 Å². The zero-order chi connectivity index (χ0) is 52.1. The first-order valence-electron chi connectivity index (χ1n) is 26.0. The van der Waals surface area contributed by atoms with E-state index in [0.717, 1.165) is 41.2 Å². The summed E-state index contributed by atoms with van der Waals surface area (Å²) < 4.78 is 31.1. The quantitative estimate of drug-likeness (QED) is 0.0479. The number of thioether (sulfide) groups is 1. The van der Waals surface area contributed by atoms with Gasteiger partial charge in [-0.3, -0.25) is 19.4 Å². The van der Waals surface area contributed by atoms with Crippen LogP contribution in [0.15, 0.2) is 103 Å². The third-order valence-electron chi connectivity index (χ3n) is 13.8. The largest absolute Gasteiger partial charge is 0.477 e. The minimum absolute atomic E-state index is 0.00465. The standard InChI is InChI=1S/C56H74N6O11S/c1-40(8-6-13-48(57)55(65)66)36-60-21-26-70-30-31-71-27-22-61(38-43-10-7-14-49(59-43)56(67)68)24-29-73-52-35-41(34-51(52)72-28-23-60)39-74-33-32-69-25-20-58-53(63)18-19-54(64)62-37-42-9-2-3-11-44(42)45-16-17-46(45)47-12-4-5-15-50(47)62/h2-17,40-41,45-46,51-52H,18-39,57H2,1H3,(H,58,63)(H,65,66)(H,67,68)/b8-6-,48-13-. The topological polar surface area (TPSA) is 216 Å². The highest BCUT2D eigenvalue weighted by molar-refractivity contribution is 7.99. The van der Waals surface area contributed by atoms with Crippen molar-refractivity contribution in [1.82, 2.24) is 20.1 Å². The van der Waals surface area contributed by atoms with E-state index in [9.17, 15) is 24.3 Å². The Morgan fingerprint density at radius 3 is 2.23 bits per heavy atom. The first-order valence-corrected chi connectivity index (χ1v) is 27.1. The van der Waals surface area contributed by atoms with Gasteiger partial charge in [-0.25, -0.2) is 14.6 Å². The summed E-state index contributed by atoms with van der Waals surface area (Å²) in [6.07, 6.45) is 11.2. The number of nitrogens with one attached hydrogen (secondary N) is 1. The van der Waals surface area contributed by atoms with E-state index >= 15 is 0 Å². The minimum Gasteiger partial charge on any atom is -0.477 e. The number of ether oxygens (including phenoxy) is 5. The molecule has 2 aromatic carbocycles. The Hall–Kier alpha value is -5.44. The van der Waals surface area contributed by atoms with E-state index < -0.39 is 11.9 Å². The maximum Gasteiger partial charge on any atom is 0.354 e. The van der Waals surface area contributed by atoms with Crippen molar-refractivity contribution < 1.29 is 53.1 Å². The van der Waals surface area contributed by atoms with Gasteiger partial charge in [0.1, 0.15) is 11.4 Å². The second kappa shape index (κ2) is 29.6. The number of allylic oxidation sites excluding steroid dienone is 4. The molecule has 1 aromatic heterocycles. The molecule has 0 bridgehead atoms. The Labute approximate surface area is 439 Å². The molecule has 3 heterocycles. The van der Waals surface area contributed by atoms with Crippen LogP contribution in [0.2, 0.25) is 0 Å². The maximum atomic E-state index is 13.8. The number of aromatic carboxylic acids is 1. The number of fused-ring (bicyclic) bond motifs is 6. The zero-order valence-electron chi connectivity index (χ0n) is 42.6. The lowest BCUT2D eigenvalue weighted by Crippen LogP contribution is -2.37. The SMILES string of the molecule is CC(/C=C\C=C(/N)C(=O)O)CN1CCOCCOCCN(Cc2cccc(C(=O)O)n2)CCOC2CC(CSCCOCCNC(=O)CCC(=O)N3Cc4ccccc4C4C=CC4c4ccccc43)CC2OCC1.